The molecule has 2 rings (SSSR count). The zero-order valence-corrected chi connectivity index (χ0v) is 15.9. The summed E-state index contributed by atoms with van der Waals surface area (Å²) in [4.78, 5) is 24.1. The maximum atomic E-state index is 12.3. The summed E-state index contributed by atoms with van der Waals surface area (Å²) < 4.78 is 27.5. The van der Waals surface area contributed by atoms with Gasteiger partial charge in [0, 0.05) is 13.5 Å². The van der Waals surface area contributed by atoms with Crippen LogP contribution < -0.4 is 5.73 Å². The molecule has 27 heavy (non-hydrogen) atoms. The summed E-state index contributed by atoms with van der Waals surface area (Å²) in [6.45, 7) is 3.70. The van der Waals surface area contributed by atoms with Gasteiger partial charge in [0.15, 0.2) is 17.3 Å². The van der Waals surface area contributed by atoms with Crippen molar-refractivity contribution in [1.82, 2.24) is 0 Å². The van der Waals surface area contributed by atoms with Gasteiger partial charge in [-0.05, 0) is 37.6 Å². The number of hydrogen-bond acceptors (Lipinski definition) is 7. The summed E-state index contributed by atoms with van der Waals surface area (Å²) in [5, 5.41) is 0. The highest BCUT2D eigenvalue weighted by molar-refractivity contribution is 5.72. The first-order chi connectivity index (χ1) is 12.8. The maximum absolute atomic E-state index is 12.3. The summed E-state index contributed by atoms with van der Waals surface area (Å²) in [6, 6.07) is 3.17. The van der Waals surface area contributed by atoms with Gasteiger partial charge in [-0.25, -0.2) is 4.79 Å². The summed E-state index contributed by atoms with van der Waals surface area (Å²) >= 11 is 0. The van der Waals surface area contributed by atoms with Crippen molar-refractivity contribution in [3.8, 4) is 0 Å². The molecular formula is C19H25NO7. The minimum Gasteiger partial charge on any atom is -0.496 e. The van der Waals surface area contributed by atoms with Crippen molar-refractivity contribution in [2.45, 2.75) is 44.3 Å². The highest BCUT2D eigenvalue weighted by Crippen LogP contribution is 2.47. The fraction of sp³-hybridized carbons (Fsp3) is 0.474. The first-order valence-electron chi connectivity index (χ1n) is 8.60. The van der Waals surface area contributed by atoms with Gasteiger partial charge in [-0.1, -0.05) is 13.3 Å². The summed E-state index contributed by atoms with van der Waals surface area (Å²) in [5.74, 6) is -0.188. The number of carbonyl (C=O) groups is 2. The number of hydrogen-bond donors (Lipinski definition) is 1. The number of ether oxygens (including phenoxy) is 4. The van der Waals surface area contributed by atoms with Gasteiger partial charge in [0.05, 0.1) is 13.4 Å². The number of nitrogens with two attached hydrogens (primary N) is 1. The van der Waals surface area contributed by atoms with Crippen molar-refractivity contribution in [2.75, 3.05) is 14.2 Å². The van der Waals surface area contributed by atoms with Crippen LogP contribution in [0.5, 0.6) is 0 Å². The lowest BCUT2D eigenvalue weighted by molar-refractivity contribution is -0.145. The molecule has 2 N–H and O–H groups in total. The Morgan fingerprint density at radius 2 is 1.93 bits per heavy atom. The van der Waals surface area contributed by atoms with Crippen LogP contribution in [0.1, 0.15) is 38.9 Å². The molecular weight excluding hydrogens is 354 g/mol. The minimum absolute atomic E-state index is 0.0129. The molecule has 8 nitrogen and oxygen atoms in total. The van der Waals surface area contributed by atoms with Crippen molar-refractivity contribution in [1.29, 1.82) is 0 Å². The fourth-order valence-electron chi connectivity index (χ4n) is 2.83. The molecule has 0 saturated carbocycles. The van der Waals surface area contributed by atoms with E-state index in [0.29, 0.717) is 6.42 Å². The first kappa shape index (κ1) is 20.6. The standard InChI is InChI=1S/C19H25NO7/c1-5-6-9-16(21)26-15-12-18(2,24-4)11-14(23-3)19(15,27-17(20)22)13-8-7-10-25-13/h7-8,10-12H,5-6,9H2,1-4H3,(H2,20,22). The van der Waals surface area contributed by atoms with Gasteiger partial charge >= 0.3 is 12.1 Å². The Bertz CT molecular complexity index is 737. The van der Waals surface area contributed by atoms with Gasteiger partial charge in [-0.15, -0.1) is 0 Å². The lowest BCUT2D eigenvalue weighted by atomic mass is 9.84. The molecule has 0 bridgehead atoms. The van der Waals surface area contributed by atoms with E-state index in [1.54, 1.807) is 25.1 Å². The van der Waals surface area contributed by atoms with E-state index in [1.807, 2.05) is 6.92 Å². The molecule has 1 aromatic rings. The molecule has 0 aliphatic heterocycles. The number of esters is 1. The predicted octanol–water partition coefficient (Wildman–Crippen LogP) is 3.14. The molecule has 0 aromatic carbocycles. The SMILES string of the molecule is CCCCC(=O)OC1=CC(C)(OC)C=C(OC)C1(OC(N)=O)c1ccco1. The van der Waals surface area contributed by atoms with Crippen LogP contribution >= 0.6 is 0 Å². The van der Waals surface area contributed by atoms with E-state index in [4.69, 9.17) is 29.1 Å². The Balaban J connectivity index is 2.62. The number of rotatable bonds is 8. The van der Waals surface area contributed by atoms with Crippen molar-refractivity contribution in [2.24, 2.45) is 5.73 Å². The van der Waals surface area contributed by atoms with E-state index in [2.05, 4.69) is 0 Å². The van der Waals surface area contributed by atoms with Crippen molar-refractivity contribution < 1.29 is 33.0 Å². The van der Waals surface area contributed by atoms with Crippen LogP contribution in [-0.4, -0.2) is 31.9 Å². The Labute approximate surface area is 157 Å². The van der Waals surface area contributed by atoms with E-state index in [9.17, 15) is 9.59 Å². The van der Waals surface area contributed by atoms with Crippen LogP contribution in [0.3, 0.4) is 0 Å². The molecule has 2 atom stereocenters. The zero-order chi connectivity index (χ0) is 20.1. The number of unbranched alkanes of at least 4 members (excludes halogenated alkanes) is 1. The molecule has 1 aromatic heterocycles. The average Bonchev–Trinajstić information content (AvgIpc) is 3.16. The van der Waals surface area contributed by atoms with E-state index in [-0.39, 0.29) is 23.7 Å². The van der Waals surface area contributed by atoms with E-state index in [1.165, 1.54) is 26.6 Å². The van der Waals surface area contributed by atoms with E-state index in [0.717, 1.165) is 6.42 Å². The average molecular weight is 379 g/mol. The Hall–Kier alpha value is -2.74. The van der Waals surface area contributed by atoms with Gasteiger partial charge < -0.3 is 29.1 Å². The Morgan fingerprint density at radius 3 is 2.44 bits per heavy atom. The van der Waals surface area contributed by atoms with Crippen molar-refractivity contribution in [3.05, 3.63) is 47.8 Å². The highest BCUT2D eigenvalue weighted by atomic mass is 16.6. The second-order valence-corrected chi connectivity index (χ2v) is 6.27. The third-order valence-corrected chi connectivity index (χ3v) is 4.27. The summed E-state index contributed by atoms with van der Waals surface area (Å²) in [6.07, 6.45) is 5.13. The van der Waals surface area contributed by atoms with Crippen LogP contribution in [-0.2, 0) is 29.3 Å². The van der Waals surface area contributed by atoms with E-state index >= 15 is 0 Å². The molecule has 8 heteroatoms. The quantitative estimate of drug-likeness (QED) is 0.691. The highest BCUT2D eigenvalue weighted by Gasteiger charge is 2.54. The summed E-state index contributed by atoms with van der Waals surface area (Å²) in [5.41, 5.74) is 2.58. The normalized spacial score (nSPS) is 24.6. The monoisotopic (exact) mass is 379 g/mol. The third kappa shape index (κ3) is 4.16. The van der Waals surface area contributed by atoms with Crippen LogP contribution in [0.15, 0.2) is 46.5 Å². The second-order valence-electron chi connectivity index (χ2n) is 6.27. The lowest BCUT2D eigenvalue weighted by Gasteiger charge is -2.39. The van der Waals surface area contributed by atoms with E-state index < -0.39 is 23.3 Å². The van der Waals surface area contributed by atoms with Crippen LogP contribution in [0.4, 0.5) is 4.79 Å². The molecule has 0 fully saturated rings. The van der Waals surface area contributed by atoms with Gasteiger partial charge in [-0.3, -0.25) is 4.79 Å². The molecule has 1 amide bonds. The van der Waals surface area contributed by atoms with Crippen LogP contribution in [0, 0.1) is 0 Å². The van der Waals surface area contributed by atoms with Crippen molar-refractivity contribution >= 4 is 12.1 Å². The zero-order valence-electron chi connectivity index (χ0n) is 15.9. The fourth-order valence-corrected chi connectivity index (χ4v) is 2.83. The van der Waals surface area contributed by atoms with Gasteiger partial charge in [0.25, 0.3) is 5.60 Å². The minimum atomic E-state index is -1.77. The third-order valence-electron chi connectivity index (χ3n) is 4.27. The molecule has 148 valence electrons. The van der Waals surface area contributed by atoms with Gasteiger partial charge in [-0.2, -0.15) is 0 Å². The smallest absolute Gasteiger partial charge is 0.406 e. The number of methoxy groups -OCH3 is 2. The first-order valence-corrected chi connectivity index (χ1v) is 8.60. The Morgan fingerprint density at radius 1 is 1.22 bits per heavy atom. The molecule has 1 aliphatic carbocycles. The number of carbonyl (C=O) groups excluding carboxylic acids is 2. The molecule has 0 spiro atoms. The number of furan rings is 1. The molecule has 1 heterocycles. The molecule has 2 unspecified atom stereocenters. The van der Waals surface area contributed by atoms with Crippen LogP contribution in [0.2, 0.25) is 0 Å². The van der Waals surface area contributed by atoms with Gasteiger partial charge in [0.1, 0.15) is 5.60 Å². The molecule has 0 saturated heterocycles. The Kier molecular flexibility index (Phi) is 6.32. The maximum Gasteiger partial charge on any atom is 0.406 e. The second kappa shape index (κ2) is 8.30. The lowest BCUT2D eigenvalue weighted by Crippen LogP contribution is -2.45. The number of amides is 1. The number of primary amides is 1. The van der Waals surface area contributed by atoms with Crippen LogP contribution in [0.25, 0.3) is 0 Å². The summed E-state index contributed by atoms with van der Waals surface area (Å²) in [7, 11) is 2.89. The predicted molar refractivity (Wildman–Crippen MR) is 95.3 cm³/mol. The topological polar surface area (TPSA) is 110 Å². The van der Waals surface area contributed by atoms with Gasteiger partial charge in [0.2, 0.25) is 0 Å². The molecule has 1 aliphatic rings. The van der Waals surface area contributed by atoms with Crippen molar-refractivity contribution in [3.63, 3.8) is 0 Å². The molecule has 0 radical (unpaired) electrons. The largest absolute Gasteiger partial charge is 0.496 e.